The first-order valence-corrected chi connectivity index (χ1v) is 15.7. The van der Waals surface area contributed by atoms with Gasteiger partial charge in [0.15, 0.2) is 6.10 Å². The number of ether oxygens (including phenoxy) is 2. The molecular weight excluding hydrogens is 623 g/mol. The summed E-state index contributed by atoms with van der Waals surface area (Å²) in [5, 5.41) is 1.44. The van der Waals surface area contributed by atoms with Gasteiger partial charge < -0.3 is 24.2 Å². The number of carbonyl (C=O) groups is 3. The third kappa shape index (κ3) is 6.57. The lowest BCUT2D eigenvalue weighted by atomic mass is 9.95. The van der Waals surface area contributed by atoms with Crippen LogP contribution in [0.5, 0.6) is 11.5 Å². The first-order chi connectivity index (χ1) is 22.0. The molecule has 0 spiro atoms. The second-order valence-corrected chi connectivity index (χ2v) is 12.3. The van der Waals surface area contributed by atoms with Crippen LogP contribution in [0.15, 0.2) is 61.2 Å². The molecule has 0 N–H and O–H groups in total. The number of hydrogen-bond donors (Lipinski definition) is 0. The standard InChI is InChI=1S/C34H33ClF3N3O5/c1-2-31(42)40-18-21(19-40)20-41-28-17-27(35)26(16-30(28)46-29(32(41)43)10-7-13-39-11-5-6-12-39)25-15-23(45-33(44)34(36,37)38)14-22-8-3-4-9-24(22)25/h2-4,8-9,14-17,21,29H,1,5-7,10-13,18-20H2. The number of carbonyl (C=O) groups excluding carboxylic acids is 3. The summed E-state index contributed by atoms with van der Waals surface area (Å²) in [6.07, 6.45) is -1.04. The molecule has 12 heteroatoms. The minimum absolute atomic E-state index is 0.0476. The topological polar surface area (TPSA) is 79.4 Å². The van der Waals surface area contributed by atoms with E-state index in [1.165, 1.54) is 31.1 Å². The van der Waals surface area contributed by atoms with Crippen molar-refractivity contribution in [3.05, 3.63) is 66.2 Å². The molecule has 0 aliphatic carbocycles. The van der Waals surface area contributed by atoms with Gasteiger partial charge in [-0.2, -0.15) is 13.2 Å². The Morgan fingerprint density at radius 3 is 2.52 bits per heavy atom. The average Bonchev–Trinajstić information content (AvgIpc) is 3.52. The lowest BCUT2D eigenvalue weighted by Gasteiger charge is -2.43. The molecule has 0 saturated carbocycles. The van der Waals surface area contributed by atoms with Gasteiger partial charge in [-0.25, -0.2) is 4.79 Å². The second kappa shape index (κ2) is 13.0. The summed E-state index contributed by atoms with van der Waals surface area (Å²) in [4.78, 5) is 43.3. The first-order valence-electron chi connectivity index (χ1n) is 15.3. The summed E-state index contributed by atoms with van der Waals surface area (Å²) in [6.45, 7) is 7.84. The molecule has 1 atom stereocenters. The number of anilines is 1. The van der Waals surface area contributed by atoms with Crippen molar-refractivity contribution in [2.24, 2.45) is 5.92 Å². The molecule has 3 aliphatic rings. The van der Waals surface area contributed by atoms with Crippen LogP contribution in [0.2, 0.25) is 5.02 Å². The van der Waals surface area contributed by atoms with Crippen LogP contribution in [-0.4, -0.2) is 79.1 Å². The fourth-order valence-corrected chi connectivity index (χ4v) is 6.67. The predicted molar refractivity (Wildman–Crippen MR) is 168 cm³/mol. The highest BCUT2D eigenvalue weighted by atomic mass is 35.5. The smallest absolute Gasteiger partial charge is 0.478 e. The van der Waals surface area contributed by atoms with Crippen molar-refractivity contribution in [2.75, 3.05) is 44.2 Å². The van der Waals surface area contributed by atoms with E-state index in [0.29, 0.717) is 59.4 Å². The zero-order valence-electron chi connectivity index (χ0n) is 25.0. The second-order valence-electron chi connectivity index (χ2n) is 11.9. The maximum atomic E-state index is 13.8. The van der Waals surface area contributed by atoms with Gasteiger partial charge in [-0.15, -0.1) is 0 Å². The monoisotopic (exact) mass is 655 g/mol. The number of benzene rings is 3. The number of rotatable bonds is 9. The molecule has 1 unspecified atom stereocenters. The molecule has 0 aromatic heterocycles. The summed E-state index contributed by atoms with van der Waals surface area (Å²) in [7, 11) is 0. The number of esters is 1. The van der Waals surface area contributed by atoms with E-state index in [0.717, 1.165) is 26.1 Å². The molecule has 6 rings (SSSR count). The van der Waals surface area contributed by atoms with Crippen molar-refractivity contribution in [2.45, 2.75) is 38.0 Å². The maximum Gasteiger partial charge on any atom is 0.491 e. The number of amides is 2. The van der Waals surface area contributed by atoms with Crippen LogP contribution < -0.4 is 14.4 Å². The molecule has 2 amide bonds. The van der Waals surface area contributed by atoms with Gasteiger partial charge >= 0.3 is 12.1 Å². The van der Waals surface area contributed by atoms with Crippen molar-refractivity contribution >= 4 is 45.8 Å². The van der Waals surface area contributed by atoms with Crippen molar-refractivity contribution in [3.8, 4) is 22.6 Å². The molecule has 3 heterocycles. The normalized spacial score (nSPS) is 18.7. The summed E-state index contributed by atoms with van der Waals surface area (Å²) < 4.78 is 50.1. The molecule has 2 saturated heterocycles. The largest absolute Gasteiger partial charge is 0.491 e. The summed E-state index contributed by atoms with van der Waals surface area (Å²) >= 11 is 6.85. The summed E-state index contributed by atoms with van der Waals surface area (Å²) in [5.41, 5.74) is 1.36. The Morgan fingerprint density at radius 2 is 1.80 bits per heavy atom. The number of fused-ring (bicyclic) bond motifs is 2. The third-order valence-corrected chi connectivity index (χ3v) is 9.05. The molecule has 0 radical (unpaired) electrons. The molecule has 46 heavy (non-hydrogen) atoms. The minimum atomic E-state index is -5.17. The maximum absolute atomic E-state index is 13.8. The van der Waals surface area contributed by atoms with Crippen molar-refractivity contribution in [1.82, 2.24) is 9.80 Å². The average molecular weight is 656 g/mol. The molecule has 2 fully saturated rings. The van der Waals surface area contributed by atoms with E-state index >= 15 is 0 Å². The number of likely N-dealkylation sites (tertiary alicyclic amines) is 2. The van der Waals surface area contributed by atoms with Crippen molar-refractivity contribution in [3.63, 3.8) is 0 Å². The Morgan fingerprint density at radius 1 is 1.07 bits per heavy atom. The Labute approximate surface area is 269 Å². The molecule has 3 aromatic rings. The van der Waals surface area contributed by atoms with Gasteiger partial charge in [0.2, 0.25) is 5.91 Å². The predicted octanol–water partition coefficient (Wildman–Crippen LogP) is 6.24. The van der Waals surface area contributed by atoms with E-state index in [9.17, 15) is 27.6 Å². The minimum Gasteiger partial charge on any atom is -0.478 e. The lowest BCUT2D eigenvalue weighted by Crippen LogP contribution is -2.56. The van der Waals surface area contributed by atoms with E-state index in [2.05, 4.69) is 11.5 Å². The van der Waals surface area contributed by atoms with Gasteiger partial charge in [0.1, 0.15) is 11.5 Å². The molecular formula is C34H33ClF3N3O5. The quantitative estimate of drug-likeness (QED) is 0.154. The van der Waals surface area contributed by atoms with Crippen LogP contribution in [0, 0.1) is 5.92 Å². The van der Waals surface area contributed by atoms with Crippen LogP contribution in [0.3, 0.4) is 0 Å². The highest BCUT2D eigenvalue weighted by Crippen LogP contribution is 2.45. The van der Waals surface area contributed by atoms with Crippen molar-refractivity contribution < 1.29 is 37.0 Å². The van der Waals surface area contributed by atoms with Crippen molar-refractivity contribution in [1.29, 1.82) is 0 Å². The molecule has 3 aromatic carbocycles. The number of nitrogens with zero attached hydrogens (tertiary/aromatic N) is 3. The van der Waals surface area contributed by atoms with Gasteiger partial charge in [-0.3, -0.25) is 9.59 Å². The Hall–Kier alpha value is -4.09. The van der Waals surface area contributed by atoms with Crippen LogP contribution in [0.1, 0.15) is 25.7 Å². The summed E-state index contributed by atoms with van der Waals surface area (Å²) in [6, 6.07) is 13.0. The fraction of sp³-hybridized carbons (Fsp3) is 0.382. The number of hydrogen-bond acceptors (Lipinski definition) is 6. The van der Waals surface area contributed by atoms with Gasteiger partial charge in [-0.1, -0.05) is 42.4 Å². The number of alkyl halides is 3. The van der Waals surface area contributed by atoms with Gasteiger partial charge in [0, 0.05) is 31.1 Å². The van der Waals surface area contributed by atoms with Crippen LogP contribution in [-0.2, 0) is 14.4 Å². The van der Waals surface area contributed by atoms with Gasteiger partial charge in [0.05, 0.1) is 10.7 Å². The molecule has 242 valence electrons. The van der Waals surface area contributed by atoms with E-state index < -0.39 is 18.2 Å². The fourth-order valence-electron chi connectivity index (χ4n) is 6.41. The zero-order chi connectivity index (χ0) is 32.6. The van der Waals surface area contributed by atoms with E-state index in [-0.39, 0.29) is 28.5 Å². The molecule has 0 bridgehead atoms. The van der Waals surface area contributed by atoms with Crippen LogP contribution in [0.4, 0.5) is 18.9 Å². The third-order valence-electron chi connectivity index (χ3n) is 8.74. The first kappa shape index (κ1) is 31.9. The molecule has 8 nitrogen and oxygen atoms in total. The zero-order valence-corrected chi connectivity index (χ0v) is 25.8. The van der Waals surface area contributed by atoms with Crippen LogP contribution >= 0.6 is 11.6 Å². The van der Waals surface area contributed by atoms with Crippen LogP contribution in [0.25, 0.3) is 21.9 Å². The Balaban J connectivity index is 1.34. The van der Waals surface area contributed by atoms with Gasteiger partial charge in [0.25, 0.3) is 5.91 Å². The lowest BCUT2D eigenvalue weighted by molar-refractivity contribution is -0.189. The SMILES string of the molecule is C=CC(=O)N1CC(CN2C(=O)C(CCCN3CCCC3)Oc3cc(-c4cc(OC(=O)C(F)(F)F)cc5ccccc45)c(Cl)cc32)C1. The Bertz CT molecular complexity index is 1680. The number of halogens is 4. The van der Waals surface area contributed by atoms with E-state index in [1.54, 1.807) is 46.2 Å². The molecule has 3 aliphatic heterocycles. The summed E-state index contributed by atoms with van der Waals surface area (Å²) in [5.74, 6) is -2.50. The highest BCUT2D eigenvalue weighted by Gasteiger charge is 2.42. The van der Waals surface area contributed by atoms with Gasteiger partial charge in [-0.05, 0) is 92.0 Å². The highest BCUT2D eigenvalue weighted by molar-refractivity contribution is 6.34. The van der Waals surface area contributed by atoms with E-state index in [4.69, 9.17) is 21.1 Å². The Kier molecular flexibility index (Phi) is 8.98. The van der Waals surface area contributed by atoms with E-state index in [1.807, 2.05) is 0 Å².